The number of methoxy groups -OCH3 is 1. The number of rotatable bonds is 10. The second-order valence-electron chi connectivity index (χ2n) is 8.08. The van der Waals surface area contributed by atoms with Crippen molar-refractivity contribution >= 4 is 14.1 Å². The van der Waals surface area contributed by atoms with Crippen LogP contribution in [0.25, 0.3) is 0 Å². The van der Waals surface area contributed by atoms with Crippen LogP contribution in [0.1, 0.15) is 46.1 Å². The SMILES string of the molecule is COc1ccc(CO[C@@H](CCO[Si](C)(C)C(C)(C)C)CC(C)=O)cc1. The highest BCUT2D eigenvalue weighted by Crippen LogP contribution is 2.36. The molecule has 142 valence electrons. The van der Waals surface area contributed by atoms with E-state index in [-0.39, 0.29) is 16.9 Å². The van der Waals surface area contributed by atoms with Crippen molar-refractivity contribution in [2.75, 3.05) is 13.7 Å². The van der Waals surface area contributed by atoms with Crippen molar-refractivity contribution in [1.82, 2.24) is 0 Å². The van der Waals surface area contributed by atoms with Crippen LogP contribution in [0.3, 0.4) is 0 Å². The molecule has 25 heavy (non-hydrogen) atoms. The maximum absolute atomic E-state index is 11.5. The molecule has 0 spiro atoms. The molecular formula is C20H34O4Si. The molecule has 0 amide bonds. The third-order valence-electron chi connectivity index (χ3n) is 4.87. The Bertz CT molecular complexity index is 532. The van der Waals surface area contributed by atoms with Crippen LogP contribution in [0.2, 0.25) is 18.1 Å². The number of benzene rings is 1. The van der Waals surface area contributed by atoms with E-state index in [1.54, 1.807) is 14.0 Å². The fourth-order valence-electron chi connectivity index (χ4n) is 2.16. The molecule has 1 aromatic carbocycles. The van der Waals surface area contributed by atoms with E-state index in [0.717, 1.165) is 17.7 Å². The van der Waals surface area contributed by atoms with E-state index >= 15 is 0 Å². The van der Waals surface area contributed by atoms with Crippen LogP contribution < -0.4 is 4.74 Å². The highest BCUT2D eigenvalue weighted by molar-refractivity contribution is 6.74. The van der Waals surface area contributed by atoms with Crippen LogP contribution >= 0.6 is 0 Å². The Labute approximate surface area is 154 Å². The summed E-state index contributed by atoms with van der Waals surface area (Å²) < 4.78 is 17.4. The van der Waals surface area contributed by atoms with Crippen molar-refractivity contribution in [3.63, 3.8) is 0 Å². The second kappa shape index (κ2) is 9.50. The van der Waals surface area contributed by atoms with Gasteiger partial charge in [0.2, 0.25) is 0 Å². The van der Waals surface area contributed by atoms with Gasteiger partial charge in [-0.1, -0.05) is 32.9 Å². The first-order chi connectivity index (χ1) is 11.5. The molecule has 5 heteroatoms. The molecular weight excluding hydrogens is 332 g/mol. The number of carbonyl (C=O) groups is 1. The zero-order valence-electron chi connectivity index (χ0n) is 16.8. The maximum atomic E-state index is 11.5. The number of Topliss-reactive ketones (excluding diaryl/α,β-unsaturated/α-hetero) is 1. The molecule has 0 aliphatic carbocycles. The average Bonchev–Trinajstić information content (AvgIpc) is 2.51. The Morgan fingerprint density at radius 2 is 1.76 bits per heavy atom. The Balaban J connectivity index is 2.54. The average molecular weight is 367 g/mol. The number of hydrogen-bond acceptors (Lipinski definition) is 4. The summed E-state index contributed by atoms with van der Waals surface area (Å²) in [7, 11) is -0.114. The maximum Gasteiger partial charge on any atom is 0.191 e. The second-order valence-corrected chi connectivity index (χ2v) is 12.9. The summed E-state index contributed by atoms with van der Waals surface area (Å²) >= 11 is 0. The molecule has 0 bridgehead atoms. The minimum Gasteiger partial charge on any atom is -0.497 e. The van der Waals surface area contributed by atoms with Gasteiger partial charge in [0.05, 0.1) is 19.8 Å². The van der Waals surface area contributed by atoms with E-state index < -0.39 is 8.32 Å². The number of carbonyl (C=O) groups excluding carboxylic acids is 1. The first-order valence-corrected chi connectivity index (χ1v) is 11.8. The fraction of sp³-hybridized carbons (Fsp3) is 0.650. The molecule has 0 aliphatic heterocycles. The molecule has 0 fully saturated rings. The zero-order chi connectivity index (χ0) is 19.1. The van der Waals surface area contributed by atoms with Gasteiger partial charge in [0.15, 0.2) is 8.32 Å². The molecule has 0 unspecified atom stereocenters. The summed E-state index contributed by atoms with van der Waals surface area (Å²) in [6.07, 6.45) is 1.06. The van der Waals surface area contributed by atoms with Crippen LogP contribution in [0.15, 0.2) is 24.3 Å². The molecule has 1 atom stereocenters. The summed E-state index contributed by atoms with van der Waals surface area (Å²) in [4.78, 5) is 11.5. The van der Waals surface area contributed by atoms with Crippen molar-refractivity contribution in [3.8, 4) is 5.75 Å². The van der Waals surface area contributed by atoms with Crippen LogP contribution in [0.4, 0.5) is 0 Å². The molecule has 0 radical (unpaired) electrons. The molecule has 0 aromatic heterocycles. The zero-order valence-corrected chi connectivity index (χ0v) is 17.8. The molecule has 1 aromatic rings. The van der Waals surface area contributed by atoms with Crippen LogP contribution in [-0.4, -0.2) is 33.9 Å². The lowest BCUT2D eigenvalue weighted by Gasteiger charge is -2.36. The quantitative estimate of drug-likeness (QED) is 0.548. The smallest absolute Gasteiger partial charge is 0.191 e. The lowest BCUT2D eigenvalue weighted by atomic mass is 10.1. The standard InChI is InChI=1S/C20H34O4Si/c1-16(21)14-19(12-13-24-25(6,7)20(2,3)4)23-15-17-8-10-18(22-5)11-9-17/h8-11,19H,12-15H2,1-7H3/t19-/m0/s1. The third-order valence-corrected chi connectivity index (χ3v) is 9.41. The van der Waals surface area contributed by atoms with Gasteiger partial charge in [0.25, 0.3) is 0 Å². The first-order valence-electron chi connectivity index (χ1n) is 8.93. The molecule has 0 N–H and O–H groups in total. The molecule has 0 heterocycles. The lowest BCUT2D eigenvalue weighted by molar-refractivity contribution is -0.120. The van der Waals surface area contributed by atoms with Gasteiger partial charge >= 0.3 is 0 Å². The van der Waals surface area contributed by atoms with Gasteiger partial charge in [-0.25, -0.2) is 0 Å². The highest BCUT2D eigenvalue weighted by Gasteiger charge is 2.37. The van der Waals surface area contributed by atoms with Crippen LogP contribution in [-0.2, 0) is 20.6 Å². The minimum atomic E-state index is -1.76. The summed E-state index contributed by atoms with van der Waals surface area (Å²) in [6, 6.07) is 7.80. The van der Waals surface area contributed by atoms with E-state index in [1.807, 2.05) is 24.3 Å². The molecule has 0 aliphatic rings. The van der Waals surface area contributed by atoms with Gasteiger partial charge < -0.3 is 13.9 Å². The van der Waals surface area contributed by atoms with Gasteiger partial charge in [-0.05, 0) is 49.2 Å². The number of hydrogen-bond donors (Lipinski definition) is 0. The topological polar surface area (TPSA) is 44.8 Å². The molecule has 1 rings (SSSR count). The third kappa shape index (κ3) is 7.71. The predicted octanol–water partition coefficient (Wildman–Crippen LogP) is 4.97. The normalized spacial score (nSPS) is 13.6. The largest absolute Gasteiger partial charge is 0.497 e. The van der Waals surface area contributed by atoms with Gasteiger partial charge in [-0.3, -0.25) is 4.79 Å². The lowest BCUT2D eigenvalue weighted by Crippen LogP contribution is -2.41. The summed E-state index contributed by atoms with van der Waals surface area (Å²) in [5.41, 5.74) is 1.07. The number of ether oxygens (including phenoxy) is 2. The van der Waals surface area contributed by atoms with Gasteiger partial charge in [-0.15, -0.1) is 0 Å². The fourth-order valence-corrected chi connectivity index (χ4v) is 3.22. The van der Waals surface area contributed by atoms with Crippen molar-refractivity contribution in [3.05, 3.63) is 29.8 Å². The monoisotopic (exact) mass is 366 g/mol. The van der Waals surface area contributed by atoms with E-state index in [4.69, 9.17) is 13.9 Å². The van der Waals surface area contributed by atoms with Gasteiger partial charge in [-0.2, -0.15) is 0 Å². The van der Waals surface area contributed by atoms with E-state index in [9.17, 15) is 4.79 Å². The molecule has 0 saturated carbocycles. The van der Waals surface area contributed by atoms with Crippen molar-refractivity contribution in [1.29, 1.82) is 0 Å². The summed E-state index contributed by atoms with van der Waals surface area (Å²) in [6.45, 7) is 13.9. The Morgan fingerprint density at radius 1 is 1.16 bits per heavy atom. The molecule has 4 nitrogen and oxygen atoms in total. The van der Waals surface area contributed by atoms with Crippen molar-refractivity contribution in [2.24, 2.45) is 0 Å². The van der Waals surface area contributed by atoms with Gasteiger partial charge in [0, 0.05) is 13.0 Å². The Hall–Kier alpha value is -1.17. The summed E-state index contributed by atoms with van der Waals surface area (Å²) in [5.74, 6) is 0.971. The first kappa shape index (κ1) is 21.9. The van der Waals surface area contributed by atoms with Crippen LogP contribution in [0.5, 0.6) is 5.75 Å². The Morgan fingerprint density at radius 3 is 2.24 bits per heavy atom. The highest BCUT2D eigenvalue weighted by atomic mass is 28.4. The van der Waals surface area contributed by atoms with Gasteiger partial charge in [0.1, 0.15) is 11.5 Å². The van der Waals surface area contributed by atoms with Crippen molar-refractivity contribution < 1.29 is 18.7 Å². The van der Waals surface area contributed by atoms with Crippen LogP contribution in [0, 0.1) is 0 Å². The Kier molecular flexibility index (Phi) is 8.31. The van der Waals surface area contributed by atoms with E-state index in [0.29, 0.717) is 19.6 Å². The number of ketones is 1. The minimum absolute atomic E-state index is 0.107. The summed E-state index contributed by atoms with van der Waals surface area (Å²) in [5, 5.41) is 0.188. The predicted molar refractivity (Wildman–Crippen MR) is 105 cm³/mol. The van der Waals surface area contributed by atoms with Crippen molar-refractivity contribution in [2.45, 2.75) is 71.4 Å². The molecule has 0 saturated heterocycles. The van der Waals surface area contributed by atoms with E-state index in [1.165, 1.54) is 0 Å². The van der Waals surface area contributed by atoms with E-state index in [2.05, 4.69) is 33.9 Å².